The summed E-state index contributed by atoms with van der Waals surface area (Å²) in [6.45, 7) is 0. The molecule has 0 bridgehead atoms. The van der Waals surface area contributed by atoms with E-state index in [1.807, 2.05) is 24.3 Å². The average Bonchev–Trinajstić information content (AvgIpc) is 3.25. The molecule has 1 saturated carbocycles. The molecular weight excluding hydrogens is 314 g/mol. The predicted octanol–water partition coefficient (Wildman–Crippen LogP) is 4.29. The smallest absolute Gasteiger partial charge is 0.230 e. The van der Waals surface area contributed by atoms with Gasteiger partial charge in [-0.3, -0.25) is 0 Å². The van der Waals surface area contributed by atoms with Crippen molar-refractivity contribution in [3.05, 3.63) is 65.6 Å². The first-order valence-corrected chi connectivity index (χ1v) is 7.59. The van der Waals surface area contributed by atoms with Gasteiger partial charge in [0, 0.05) is 11.5 Å². The number of rotatable bonds is 4. The number of para-hydroxylation sites is 1. The summed E-state index contributed by atoms with van der Waals surface area (Å²) in [5, 5.41) is 3.88. The van der Waals surface area contributed by atoms with E-state index in [1.165, 1.54) is 6.07 Å². The molecule has 0 unspecified atom stereocenters. The number of halogens is 2. The fourth-order valence-corrected chi connectivity index (χ4v) is 2.92. The summed E-state index contributed by atoms with van der Waals surface area (Å²) in [5.41, 5.74) is 1.50. The summed E-state index contributed by atoms with van der Waals surface area (Å²) < 4.78 is 37.1. The van der Waals surface area contributed by atoms with Crippen LogP contribution in [0.2, 0.25) is 0 Å². The standard InChI is InChI=1S/C18H14F2N2O2/c1-23-16-5-3-2-4-11(16)12-9-13(12)18-21-17(22-24-18)10-6-7-14(19)15(20)8-10/h2-8,12-13H,9H2,1H3/t12-,13-/m1/s1. The molecule has 24 heavy (non-hydrogen) atoms. The zero-order valence-corrected chi connectivity index (χ0v) is 12.9. The second-order valence-corrected chi connectivity index (χ2v) is 5.78. The van der Waals surface area contributed by atoms with E-state index in [2.05, 4.69) is 10.1 Å². The van der Waals surface area contributed by atoms with Gasteiger partial charge in [0.1, 0.15) is 5.75 Å². The molecule has 1 aliphatic carbocycles. The molecular formula is C18H14F2N2O2. The summed E-state index contributed by atoms with van der Waals surface area (Å²) in [5.74, 6) is 0.149. The van der Waals surface area contributed by atoms with Crippen molar-refractivity contribution in [1.29, 1.82) is 0 Å². The Bertz CT molecular complexity index is 894. The molecule has 0 saturated heterocycles. The highest BCUT2D eigenvalue weighted by atomic mass is 19.2. The van der Waals surface area contributed by atoms with Gasteiger partial charge in [-0.15, -0.1) is 0 Å². The van der Waals surface area contributed by atoms with Crippen LogP contribution < -0.4 is 4.74 Å². The topological polar surface area (TPSA) is 48.2 Å². The Kier molecular flexibility index (Phi) is 3.52. The van der Waals surface area contributed by atoms with Crippen molar-refractivity contribution in [2.45, 2.75) is 18.3 Å². The fourth-order valence-electron chi connectivity index (χ4n) is 2.92. The molecule has 4 nitrogen and oxygen atoms in total. The number of methoxy groups -OCH3 is 1. The summed E-state index contributed by atoms with van der Waals surface area (Å²) in [4.78, 5) is 4.34. The normalized spacial score (nSPS) is 19.3. The molecule has 122 valence electrons. The molecule has 2 atom stereocenters. The van der Waals surface area contributed by atoms with Crippen molar-refractivity contribution < 1.29 is 18.0 Å². The molecule has 0 radical (unpaired) electrons. The Morgan fingerprint density at radius 2 is 1.92 bits per heavy atom. The highest BCUT2D eigenvalue weighted by Gasteiger charge is 2.45. The fraction of sp³-hybridized carbons (Fsp3) is 0.222. The van der Waals surface area contributed by atoms with Crippen molar-refractivity contribution >= 4 is 0 Å². The summed E-state index contributed by atoms with van der Waals surface area (Å²) in [7, 11) is 1.64. The van der Waals surface area contributed by atoms with Crippen LogP contribution in [0.4, 0.5) is 8.78 Å². The Morgan fingerprint density at radius 3 is 2.71 bits per heavy atom. The minimum atomic E-state index is -0.933. The Hall–Kier alpha value is -2.76. The first-order chi connectivity index (χ1) is 11.7. The van der Waals surface area contributed by atoms with Gasteiger partial charge in [-0.2, -0.15) is 4.98 Å². The van der Waals surface area contributed by atoms with E-state index in [0.29, 0.717) is 11.5 Å². The van der Waals surface area contributed by atoms with Crippen LogP contribution in [0.3, 0.4) is 0 Å². The Balaban J connectivity index is 1.57. The van der Waals surface area contributed by atoms with Crippen LogP contribution >= 0.6 is 0 Å². The lowest BCUT2D eigenvalue weighted by Crippen LogP contribution is -1.91. The quantitative estimate of drug-likeness (QED) is 0.717. The van der Waals surface area contributed by atoms with Gasteiger partial charge in [-0.05, 0) is 42.2 Å². The summed E-state index contributed by atoms with van der Waals surface area (Å²) in [6.07, 6.45) is 0.889. The maximum Gasteiger partial charge on any atom is 0.230 e. The van der Waals surface area contributed by atoms with Gasteiger partial charge < -0.3 is 9.26 Å². The van der Waals surface area contributed by atoms with Crippen LogP contribution in [-0.4, -0.2) is 17.3 Å². The zero-order valence-electron chi connectivity index (χ0n) is 12.9. The SMILES string of the molecule is COc1ccccc1[C@H]1C[C@H]1c1nc(-c2ccc(F)c(F)c2)no1. The largest absolute Gasteiger partial charge is 0.496 e. The third kappa shape index (κ3) is 2.54. The van der Waals surface area contributed by atoms with Gasteiger partial charge in [-0.1, -0.05) is 23.4 Å². The first-order valence-electron chi connectivity index (χ1n) is 7.59. The third-order valence-corrected chi connectivity index (χ3v) is 4.27. The highest BCUT2D eigenvalue weighted by Crippen LogP contribution is 2.56. The van der Waals surface area contributed by atoms with E-state index in [4.69, 9.17) is 9.26 Å². The van der Waals surface area contributed by atoms with Gasteiger partial charge in [0.25, 0.3) is 0 Å². The molecule has 1 aliphatic rings. The lowest BCUT2D eigenvalue weighted by molar-refractivity contribution is 0.377. The van der Waals surface area contributed by atoms with Gasteiger partial charge in [-0.25, -0.2) is 8.78 Å². The van der Waals surface area contributed by atoms with Crippen LogP contribution in [0.25, 0.3) is 11.4 Å². The van der Waals surface area contributed by atoms with Crippen LogP contribution in [0.15, 0.2) is 47.0 Å². The van der Waals surface area contributed by atoms with Crippen molar-refractivity contribution in [2.75, 3.05) is 7.11 Å². The molecule has 1 heterocycles. The first kappa shape index (κ1) is 14.8. The number of ether oxygens (including phenoxy) is 1. The predicted molar refractivity (Wildman–Crippen MR) is 82.7 cm³/mol. The average molecular weight is 328 g/mol. The third-order valence-electron chi connectivity index (χ3n) is 4.27. The van der Waals surface area contributed by atoms with Crippen LogP contribution in [-0.2, 0) is 0 Å². The van der Waals surface area contributed by atoms with Gasteiger partial charge in [0.2, 0.25) is 11.7 Å². The number of nitrogens with zero attached hydrogens (tertiary/aromatic N) is 2. The number of aromatic nitrogens is 2. The molecule has 0 aliphatic heterocycles. The Labute approximate surface area is 137 Å². The number of hydrogen-bond donors (Lipinski definition) is 0. The van der Waals surface area contributed by atoms with E-state index in [0.717, 1.165) is 29.9 Å². The molecule has 0 spiro atoms. The molecule has 0 N–H and O–H groups in total. The van der Waals surface area contributed by atoms with Crippen molar-refractivity contribution in [3.63, 3.8) is 0 Å². The van der Waals surface area contributed by atoms with E-state index >= 15 is 0 Å². The molecule has 1 aromatic heterocycles. The Morgan fingerprint density at radius 1 is 1.08 bits per heavy atom. The molecule has 6 heteroatoms. The molecule has 0 amide bonds. The van der Waals surface area contributed by atoms with Crippen molar-refractivity contribution in [1.82, 2.24) is 10.1 Å². The maximum absolute atomic E-state index is 13.3. The highest BCUT2D eigenvalue weighted by molar-refractivity contribution is 5.54. The maximum atomic E-state index is 13.3. The van der Waals surface area contributed by atoms with Gasteiger partial charge in [0.15, 0.2) is 11.6 Å². The van der Waals surface area contributed by atoms with Crippen LogP contribution in [0.1, 0.15) is 29.7 Å². The molecule has 3 aromatic rings. The zero-order chi connectivity index (χ0) is 16.7. The molecule has 4 rings (SSSR count). The van der Waals surface area contributed by atoms with Crippen LogP contribution in [0, 0.1) is 11.6 Å². The minimum absolute atomic E-state index is 0.118. The number of hydrogen-bond acceptors (Lipinski definition) is 4. The van der Waals surface area contributed by atoms with Crippen molar-refractivity contribution in [2.24, 2.45) is 0 Å². The molecule has 2 aromatic carbocycles. The lowest BCUT2D eigenvalue weighted by atomic mass is 10.1. The van der Waals surface area contributed by atoms with Crippen molar-refractivity contribution in [3.8, 4) is 17.1 Å². The van der Waals surface area contributed by atoms with Gasteiger partial charge in [0.05, 0.1) is 7.11 Å². The van der Waals surface area contributed by atoms with E-state index < -0.39 is 11.6 Å². The van der Waals surface area contributed by atoms with E-state index in [9.17, 15) is 8.78 Å². The lowest BCUT2D eigenvalue weighted by Gasteiger charge is -2.06. The number of benzene rings is 2. The summed E-state index contributed by atoms with van der Waals surface area (Å²) >= 11 is 0. The van der Waals surface area contributed by atoms with Crippen LogP contribution in [0.5, 0.6) is 5.75 Å². The summed E-state index contributed by atoms with van der Waals surface area (Å²) in [6, 6.07) is 11.4. The monoisotopic (exact) mass is 328 g/mol. The second kappa shape index (κ2) is 5.70. The second-order valence-electron chi connectivity index (χ2n) is 5.78. The minimum Gasteiger partial charge on any atom is -0.496 e. The van der Waals surface area contributed by atoms with E-state index in [-0.39, 0.29) is 17.7 Å². The molecule has 1 fully saturated rings. The van der Waals surface area contributed by atoms with E-state index in [1.54, 1.807) is 7.11 Å². The van der Waals surface area contributed by atoms with Gasteiger partial charge >= 0.3 is 0 Å².